The molecule has 29 heavy (non-hydrogen) atoms. The zero-order valence-electron chi connectivity index (χ0n) is 16.4. The largest absolute Gasteiger partial charge is 0.356 e. The highest BCUT2D eigenvalue weighted by molar-refractivity contribution is 14.0. The normalized spacial score (nSPS) is 11.8. The first-order valence-corrected chi connectivity index (χ1v) is 11.0. The van der Waals surface area contributed by atoms with Gasteiger partial charge in [0.05, 0.1) is 10.6 Å². The first-order chi connectivity index (χ1) is 13.6. The lowest BCUT2D eigenvalue weighted by Gasteiger charge is -2.12. The Kier molecular flexibility index (Phi) is 8.97. The highest BCUT2D eigenvalue weighted by Gasteiger charge is 2.13. The topological polar surface area (TPSA) is 75.5 Å². The number of aliphatic imine (C=N–C) groups is 1. The van der Waals surface area contributed by atoms with Gasteiger partial charge in [0.2, 0.25) is 0 Å². The summed E-state index contributed by atoms with van der Waals surface area (Å²) in [5.74, 6) is 0.633. The molecule has 0 spiro atoms. The van der Waals surface area contributed by atoms with Crippen molar-refractivity contribution in [2.45, 2.75) is 17.9 Å². The van der Waals surface area contributed by atoms with E-state index < -0.39 is 9.84 Å². The van der Waals surface area contributed by atoms with Crippen LogP contribution in [0.2, 0.25) is 0 Å². The Morgan fingerprint density at radius 2 is 1.66 bits per heavy atom. The van der Waals surface area contributed by atoms with Crippen molar-refractivity contribution in [1.29, 1.82) is 0 Å². The molecule has 0 radical (unpaired) electrons. The van der Waals surface area contributed by atoms with Crippen LogP contribution in [0.25, 0.3) is 10.9 Å². The number of halogens is 1. The van der Waals surface area contributed by atoms with E-state index in [1.54, 1.807) is 37.4 Å². The zero-order chi connectivity index (χ0) is 19.8. The van der Waals surface area contributed by atoms with Crippen LogP contribution in [0.3, 0.4) is 0 Å². The SMILES string of the molecule is CN=C(NCCCn1ccc2ccccc21)NCCS(=O)(=O)c1ccccc1.I. The lowest BCUT2D eigenvalue weighted by Crippen LogP contribution is -2.40. The van der Waals surface area contributed by atoms with Gasteiger partial charge in [-0.1, -0.05) is 36.4 Å². The Labute approximate surface area is 189 Å². The van der Waals surface area contributed by atoms with E-state index in [9.17, 15) is 8.42 Å². The number of para-hydroxylation sites is 1. The third-order valence-corrected chi connectivity index (χ3v) is 6.27. The lowest BCUT2D eigenvalue weighted by atomic mass is 10.2. The van der Waals surface area contributed by atoms with Gasteiger partial charge in [0.25, 0.3) is 0 Å². The summed E-state index contributed by atoms with van der Waals surface area (Å²) in [5.41, 5.74) is 1.23. The summed E-state index contributed by atoms with van der Waals surface area (Å²) >= 11 is 0. The molecule has 0 saturated heterocycles. The molecular formula is C21H27IN4O2S. The maximum absolute atomic E-state index is 12.3. The van der Waals surface area contributed by atoms with Crippen molar-refractivity contribution in [1.82, 2.24) is 15.2 Å². The minimum atomic E-state index is -3.29. The zero-order valence-corrected chi connectivity index (χ0v) is 19.6. The maximum atomic E-state index is 12.3. The molecule has 0 unspecified atom stereocenters. The van der Waals surface area contributed by atoms with E-state index in [4.69, 9.17) is 0 Å². The van der Waals surface area contributed by atoms with E-state index in [0.29, 0.717) is 17.4 Å². The van der Waals surface area contributed by atoms with Crippen LogP contribution < -0.4 is 10.6 Å². The number of rotatable bonds is 8. The van der Waals surface area contributed by atoms with Gasteiger partial charge in [0.1, 0.15) is 0 Å². The number of guanidine groups is 1. The molecule has 0 saturated carbocycles. The van der Waals surface area contributed by atoms with Crippen molar-refractivity contribution < 1.29 is 8.42 Å². The summed E-state index contributed by atoms with van der Waals surface area (Å²) in [5, 5.41) is 7.55. The van der Waals surface area contributed by atoms with E-state index in [2.05, 4.69) is 44.6 Å². The van der Waals surface area contributed by atoms with Crippen molar-refractivity contribution in [3.05, 3.63) is 66.9 Å². The summed E-state index contributed by atoms with van der Waals surface area (Å²) in [6.45, 7) is 1.96. The minimum Gasteiger partial charge on any atom is -0.356 e. The average Bonchev–Trinajstić information content (AvgIpc) is 3.13. The van der Waals surface area contributed by atoms with Gasteiger partial charge in [-0.05, 0) is 36.1 Å². The third-order valence-electron chi connectivity index (χ3n) is 4.54. The van der Waals surface area contributed by atoms with E-state index >= 15 is 0 Å². The summed E-state index contributed by atoms with van der Waals surface area (Å²) in [6, 6.07) is 18.9. The van der Waals surface area contributed by atoms with Crippen molar-refractivity contribution in [3.63, 3.8) is 0 Å². The lowest BCUT2D eigenvalue weighted by molar-refractivity contribution is 0.594. The summed E-state index contributed by atoms with van der Waals surface area (Å²) in [7, 11) is -1.61. The predicted molar refractivity (Wildman–Crippen MR) is 130 cm³/mol. The quantitative estimate of drug-likeness (QED) is 0.205. The molecule has 0 atom stereocenters. The molecule has 0 aliphatic carbocycles. The Balaban J connectivity index is 0.00000300. The van der Waals surface area contributed by atoms with Crippen LogP contribution in [0.15, 0.2) is 76.7 Å². The maximum Gasteiger partial charge on any atom is 0.191 e. The molecule has 3 rings (SSSR count). The molecule has 2 N–H and O–H groups in total. The molecule has 0 aliphatic rings. The van der Waals surface area contributed by atoms with Gasteiger partial charge >= 0.3 is 0 Å². The van der Waals surface area contributed by atoms with Gasteiger partial charge in [0.15, 0.2) is 15.8 Å². The fourth-order valence-electron chi connectivity index (χ4n) is 3.06. The first-order valence-electron chi connectivity index (χ1n) is 9.36. The number of aryl methyl sites for hydroxylation is 1. The van der Waals surface area contributed by atoms with Crippen molar-refractivity contribution in [3.8, 4) is 0 Å². The van der Waals surface area contributed by atoms with Crippen LogP contribution in [-0.2, 0) is 16.4 Å². The number of nitrogens with zero attached hydrogens (tertiary/aromatic N) is 2. The van der Waals surface area contributed by atoms with Gasteiger partial charge in [-0.2, -0.15) is 0 Å². The van der Waals surface area contributed by atoms with Crippen molar-refractivity contribution in [2.75, 3.05) is 25.9 Å². The van der Waals surface area contributed by atoms with E-state index in [0.717, 1.165) is 19.5 Å². The molecule has 0 aliphatic heterocycles. The van der Waals surface area contributed by atoms with Crippen LogP contribution in [0, 0.1) is 0 Å². The van der Waals surface area contributed by atoms with Crippen LogP contribution >= 0.6 is 24.0 Å². The fraction of sp³-hybridized carbons (Fsp3) is 0.286. The molecule has 6 nitrogen and oxygen atoms in total. The number of fused-ring (bicyclic) bond motifs is 1. The summed E-state index contributed by atoms with van der Waals surface area (Å²) < 4.78 is 26.8. The molecule has 156 valence electrons. The molecule has 1 aromatic heterocycles. The Hall–Kier alpha value is -2.07. The van der Waals surface area contributed by atoms with Gasteiger partial charge in [0, 0.05) is 38.4 Å². The van der Waals surface area contributed by atoms with Gasteiger partial charge in [-0.25, -0.2) is 8.42 Å². The van der Waals surface area contributed by atoms with Crippen LogP contribution in [-0.4, -0.2) is 44.8 Å². The van der Waals surface area contributed by atoms with Gasteiger partial charge in [-0.3, -0.25) is 4.99 Å². The minimum absolute atomic E-state index is 0. The number of benzene rings is 2. The van der Waals surface area contributed by atoms with Gasteiger partial charge < -0.3 is 15.2 Å². The molecule has 2 aromatic carbocycles. The highest BCUT2D eigenvalue weighted by Crippen LogP contribution is 2.15. The number of nitrogens with one attached hydrogen (secondary N) is 2. The molecule has 0 bridgehead atoms. The van der Waals surface area contributed by atoms with Gasteiger partial charge in [-0.15, -0.1) is 24.0 Å². The first kappa shape index (κ1) is 23.2. The van der Waals surface area contributed by atoms with E-state index in [1.165, 1.54) is 10.9 Å². The fourth-order valence-corrected chi connectivity index (χ4v) is 4.24. The predicted octanol–water partition coefficient (Wildman–Crippen LogP) is 3.29. The van der Waals surface area contributed by atoms with Crippen LogP contribution in [0.5, 0.6) is 0 Å². The Morgan fingerprint density at radius 3 is 2.41 bits per heavy atom. The third kappa shape index (κ3) is 6.46. The summed E-state index contributed by atoms with van der Waals surface area (Å²) in [6.07, 6.45) is 3.04. The molecule has 0 amide bonds. The van der Waals surface area contributed by atoms with Crippen molar-refractivity contribution >= 4 is 50.7 Å². The van der Waals surface area contributed by atoms with Crippen LogP contribution in [0.1, 0.15) is 6.42 Å². The molecule has 0 fully saturated rings. The molecule has 3 aromatic rings. The number of sulfone groups is 1. The summed E-state index contributed by atoms with van der Waals surface area (Å²) in [4.78, 5) is 4.50. The molecular weight excluding hydrogens is 499 g/mol. The van der Waals surface area contributed by atoms with E-state index in [-0.39, 0.29) is 29.7 Å². The molecule has 1 heterocycles. The van der Waals surface area contributed by atoms with E-state index in [1.807, 2.05) is 12.1 Å². The van der Waals surface area contributed by atoms with Crippen LogP contribution in [0.4, 0.5) is 0 Å². The second kappa shape index (κ2) is 11.2. The number of aromatic nitrogens is 1. The molecule has 8 heteroatoms. The van der Waals surface area contributed by atoms with Crippen molar-refractivity contribution in [2.24, 2.45) is 4.99 Å². The number of hydrogen-bond acceptors (Lipinski definition) is 3. The smallest absolute Gasteiger partial charge is 0.191 e. The average molecular weight is 526 g/mol. The second-order valence-electron chi connectivity index (χ2n) is 6.48. The monoisotopic (exact) mass is 526 g/mol. The number of hydrogen-bond donors (Lipinski definition) is 2. The standard InChI is InChI=1S/C21H26N4O2S.HI/c1-22-21(24-14-17-28(26,27)19-9-3-2-4-10-19)23-13-7-15-25-16-12-18-8-5-6-11-20(18)25;/h2-6,8-12,16H,7,13-15,17H2,1H3,(H2,22,23,24);1H. The second-order valence-corrected chi connectivity index (χ2v) is 8.59. The highest BCUT2D eigenvalue weighted by atomic mass is 127. The Bertz CT molecular complexity index is 1030. The Morgan fingerprint density at radius 1 is 0.966 bits per heavy atom.